The number of para-hydroxylation sites is 1. The molecule has 1 aromatic carbocycles. The molecule has 1 saturated heterocycles. The highest BCUT2D eigenvalue weighted by atomic mass is 32.2. The number of hydrogen-bond donors (Lipinski definition) is 2. The molecule has 1 fully saturated rings. The number of fused-ring (bicyclic) bond motifs is 1. The van der Waals surface area contributed by atoms with Crippen LogP contribution < -0.4 is 10.6 Å². The standard InChI is InChI=1S/C17H22N4O5S/c1-27(25,26)21-10-8-20(9-11-21)15(22)7-6-14-17(24)18-13-5-3-2-4-12(13)16(23)19-14/h2-5,14H,6-11H2,1H3,(H,18,24)(H,19,23)/t14-/m0/s1. The van der Waals surface area contributed by atoms with Crippen molar-refractivity contribution in [2.24, 2.45) is 0 Å². The van der Waals surface area contributed by atoms with E-state index in [0.29, 0.717) is 24.3 Å². The number of rotatable bonds is 4. The van der Waals surface area contributed by atoms with Crippen molar-refractivity contribution in [1.29, 1.82) is 0 Å². The van der Waals surface area contributed by atoms with E-state index >= 15 is 0 Å². The summed E-state index contributed by atoms with van der Waals surface area (Å²) in [4.78, 5) is 38.6. The van der Waals surface area contributed by atoms with Gasteiger partial charge in [-0.3, -0.25) is 14.4 Å². The lowest BCUT2D eigenvalue weighted by Gasteiger charge is -2.33. The van der Waals surface area contributed by atoms with Crippen molar-refractivity contribution in [3.63, 3.8) is 0 Å². The summed E-state index contributed by atoms with van der Waals surface area (Å²) in [7, 11) is -3.25. The number of amides is 3. The first kappa shape index (κ1) is 19.3. The first-order chi connectivity index (χ1) is 12.8. The largest absolute Gasteiger partial charge is 0.340 e. The summed E-state index contributed by atoms with van der Waals surface area (Å²) in [5, 5.41) is 5.37. The Balaban J connectivity index is 1.55. The van der Waals surface area contributed by atoms with Gasteiger partial charge in [-0.1, -0.05) is 12.1 Å². The van der Waals surface area contributed by atoms with Crippen LogP contribution in [-0.4, -0.2) is 73.8 Å². The van der Waals surface area contributed by atoms with E-state index < -0.39 is 16.1 Å². The molecular formula is C17H22N4O5S. The van der Waals surface area contributed by atoms with Gasteiger partial charge in [0.2, 0.25) is 21.8 Å². The van der Waals surface area contributed by atoms with E-state index in [1.165, 1.54) is 4.31 Å². The average molecular weight is 394 g/mol. The van der Waals surface area contributed by atoms with E-state index in [1.807, 2.05) is 0 Å². The van der Waals surface area contributed by atoms with Crippen LogP contribution in [0.1, 0.15) is 23.2 Å². The van der Waals surface area contributed by atoms with Gasteiger partial charge < -0.3 is 15.5 Å². The highest BCUT2D eigenvalue weighted by Gasteiger charge is 2.30. The molecule has 0 bridgehead atoms. The molecule has 3 rings (SSSR count). The van der Waals surface area contributed by atoms with E-state index in [9.17, 15) is 22.8 Å². The van der Waals surface area contributed by atoms with Crippen molar-refractivity contribution in [1.82, 2.24) is 14.5 Å². The summed E-state index contributed by atoms with van der Waals surface area (Å²) in [6.07, 6.45) is 1.42. The summed E-state index contributed by atoms with van der Waals surface area (Å²) in [5.74, 6) is -0.877. The summed E-state index contributed by atoms with van der Waals surface area (Å²) < 4.78 is 24.4. The normalized spacial score (nSPS) is 21.1. The zero-order valence-electron chi connectivity index (χ0n) is 15.0. The van der Waals surface area contributed by atoms with Crippen LogP contribution in [0, 0.1) is 0 Å². The molecule has 146 valence electrons. The minimum absolute atomic E-state index is 0.0909. The molecule has 0 radical (unpaired) electrons. The number of nitrogens with one attached hydrogen (secondary N) is 2. The second-order valence-electron chi connectivity index (χ2n) is 6.64. The Hall–Kier alpha value is -2.46. The van der Waals surface area contributed by atoms with Crippen LogP contribution in [-0.2, 0) is 19.6 Å². The van der Waals surface area contributed by atoms with E-state index in [-0.39, 0.29) is 43.7 Å². The maximum Gasteiger partial charge on any atom is 0.254 e. The van der Waals surface area contributed by atoms with Crippen LogP contribution in [0.2, 0.25) is 0 Å². The predicted octanol–water partition coefficient (Wildman–Crippen LogP) is -0.379. The first-order valence-corrected chi connectivity index (χ1v) is 10.5. The van der Waals surface area contributed by atoms with Crippen molar-refractivity contribution >= 4 is 33.4 Å². The van der Waals surface area contributed by atoms with Crippen molar-refractivity contribution < 1.29 is 22.8 Å². The van der Waals surface area contributed by atoms with E-state index in [0.717, 1.165) is 6.26 Å². The smallest absolute Gasteiger partial charge is 0.254 e. The van der Waals surface area contributed by atoms with Crippen molar-refractivity contribution in [2.75, 3.05) is 37.8 Å². The zero-order chi connectivity index (χ0) is 19.6. The predicted molar refractivity (Wildman–Crippen MR) is 98.6 cm³/mol. The van der Waals surface area contributed by atoms with E-state index in [2.05, 4.69) is 10.6 Å². The molecule has 2 heterocycles. The van der Waals surface area contributed by atoms with Gasteiger partial charge in [-0.05, 0) is 18.6 Å². The highest BCUT2D eigenvalue weighted by molar-refractivity contribution is 7.88. The second-order valence-corrected chi connectivity index (χ2v) is 8.62. The maximum atomic E-state index is 12.4. The Kier molecular flexibility index (Phi) is 5.47. The number of anilines is 1. The third kappa shape index (κ3) is 4.45. The van der Waals surface area contributed by atoms with Gasteiger partial charge in [-0.2, -0.15) is 4.31 Å². The lowest BCUT2D eigenvalue weighted by atomic mass is 10.1. The fourth-order valence-corrected chi connectivity index (χ4v) is 4.04. The Labute approximate surface area is 157 Å². The van der Waals surface area contributed by atoms with Gasteiger partial charge in [0.1, 0.15) is 6.04 Å². The van der Waals surface area contributed by atoms with E-state index in [4.69, 9.17) is 0 Å². The lowest BCUT2D eigenvalue weighted by Crippen LogP contribution is -2.50. The minimum atomic E-state index is -3.25. The fraction of sp³-hybridized carbons (Fsp3) is 0.471. The molecule has 10 heteroatoms. The quantitative estimate of drug-likeness (QED) is 0.722. The van der Waals surface area contributed by atoms with Crippen LogP contribution in [0.15, 0.2) is 24.3 Å². The number of piperazine rings is 1. The third-order valence-corrected chi connectivity index (χ3v) is 6.06. The summed E-state index contributed by atoms with van der Waals surface area (Å²) >= 11 is 0. The van der Waals surface area contributed by atoms with Gasteiger partial charge in [-0.15, -0.1) is 0 Å². The molecule has 27 heavy (non-hydrogen) atoms. The van der Waals surface area contributed by atoms with Gasteiger partial charge in [0.05, 0.1) is 17.5 Å². The van der Waals surface area contributed by atoms with Gasteiger partial charge in [0.15, 0.2) is 0 Å². The summed E-state index contributed by atoms with van der Waals surface area (Å²) in [5.41, 5.74) is 0.835. The number of benzene rings is 1. The molecular weight excluding hydrogens is 372 g/mol. The van der Waals surface area contributed by atoms with Crippen LogP contribution in [0.4, 0.5) is 5.69 Å². The molecule has 0 unspecified atom stereocenters. The van der Waals surface area contributed by atoms with E-state index in [1.54, 1.807) is 29.2 Å². The highest BCUT2D eigenvalue weighted by Crippen LogP contribution is 2.19. The number of nitrogens with zero attached hydrogens (tertiary/aromatic N) is 2. The fourth-order valence-electron chi connectivity index (χ4n) is 3.21. The molecule has 0 aromatic heterocycles. The molecule has 9 nitrogen and oxygen atoms in total. The molecule has 3 amide bonds. The summed E-state index contributed by atoms with van der Waals surface area (Å²) in [6.45, 7) is 1.17. The average Bonchev–Trinajstić information content (AvgIpc) is 2.75. The van der Waals surface area contributed by atoms with Gasteiger partial charge in [-0.25, -0.2) is 8.42 Å². The number of carbonyl (C=O) groups is 3. The Bertz CT molecular complexity index is 862. The first-order valence-electron chi connectivity index (χ1n) is 8.69. The molecule has 1 aromatic rings. The molecule has 2 N–H and O–H groups in total. The second kappa shape index (κ2) is 7.65. The van der Waals surface area contributed by atoms with Crippen LogP contribution >= 0.6 is 0 Å². The molecule has 0 saturated carbocycles. The van der Waals surface area contributed by atoms with Gasteiger partial charge in [0, 0.05) is 32.6 Å². The van der Waals surface area contributed by atoms with Crippen LogP contribution in [0.5, 0.6) is 0 Å². The maximum absolute atomic E-state index is 12.4. The van der Waals surface area contributed by atoms with Crippen molar-refractivity contribution in [3.8, 4) is 0 Å². The topological polar surface area (TPSA) is 116 Å². The molecule has 2 aliphatic heterocycles. The monoisotopic (exact) mass is 394 g/mol. The van der Waals surface area contributed by atoms with Gasteiger partial charge in [0.25, 0.3) is 5.91 Å². The lowest BCUT2D eigenvalue weighted by molar-refractivity contribution is -0.132. The van der Waals surface area contributed by atoms with Crippen LogP contribution in [0.3, 0.4) is 0 Å². The number of carbonyl (C=O) groups excluding carboxylic acids is 3. The van der Waals surface area contributed by atoms with Crippen LogP contribution in [0.25, 0.3) is 0 Å². The molecule has 0 aliphatic carbocycles. The SMILES string of the molecule is CS(=O)(=O)N1CCN(C(=O)CC[C@@H]2NC(=O)c3ccccc3NC2=O)CC1. The Morgan fingerprint density at radius 3 is 2.48 bits per heavy atom. The molecule has 2 aliphatic rings. The molecule has 0 spiro atoms. The third-order valence-electron chi connectivity index (χ3n) is 4.76. The zero-order valence-corrected chi connectivity index (χ0v) is 15.8. The van der Waals surface area contributed by atoms with Crippen molar-refractivity contribution in [2.45, 2.75) is 18.9 Å². The molecule has 1 atom stereocenters. The summed E-state index contributed by atoms with van der Waals surface area (Å²) in [6, 6.07) is 5.92. The minimum Gasteiger partial charge on any atom is -0.340 e. The Morgan fingerprint density at radius 1 is 1.15 bits per heavy atom. The van der Waals surface area contributed by atoms with Gasteiger partial charge >= 0.3 is 0 Å². The van der Waals surface area contributed by atoms with Crippen molar-refractivity contribution in [3.05, 3.63) is 29.8 Å². The number of sulfonamides is 1. The Morgan fingerprint density at radius 2 is 1.81 bits per heavy atom. The number of hydrogen-bond acceptors (Lipinski definition) is 5.